The Morgan fingerprint density at radius 2 is 2.07 bits per heavy atom. The van der Waals surface area contributed by atoms with E-state index in [0.717, 1.165) is 11.3 Å². The summed E-state index contributed by atoms with van der Waals surface area (Å²) >= 11 is 0. The number of fused-ring (bicyclic) bond motifs is 1. The maximum absolute atomic E-state index is 11.4. The quantitative estimate of drug-likeness (QED) is 0.755. The van der Waals surface area contributed by atoms with Crippen molar-refractivity contribution in [2.45, 2.75) is 11.7 Å². The van der Waals surface area contributed by atoms with Crippen molar-refractivity contribution in [1.29, 1.82) is 0 Å². The number of nitrogens with one attached hydrogen (secondary N) is 1. The standard InChI is InChI=1S/C10H13NO2S/c1-14(12,13)9-6-8-4-2-3-5-10(8)11-7-9/h2-5,9,11H,6-7H2,1H3. The minimum absolute atomic E-state index is 0.280. The third kappa shape index (κ3) is 1.75. The third-order valence-electron chi connectivity index (χ3n) is 2.59. The van der Waals surface area contributed by atoms with Crippen LogP contribution in [0.4, 0.5) is 5.69 Å². The van der Waals surface area contributed by atoms with Crippen molar-refractivity contribution in [2.24, 2.45) is 0 Å². The number of hydrogen-bond donors (Lipinski definition) is 1. The first-order valence-corrected chi connectivity index (χ1v) is 6.53. The van der Waals surface area contributed by atoms with Crippen LogP contribution in [0.1, 0.15) is 5.56 Å². The van der Waals surface area contributed by atoms with Crippen molar-refractivity contribution in [1.82, 2.24) is 0 Å². The van der Waals surface area contributed by atoms with Gasteiger partial charge in [0.25, 0.3) is 0 Å². The summed E-state index contributed by atoms with van der Waals surface area (Å²) in [6.45, 7) is 0.524. The number of anilines is 1. The zero-order valence-electron chi connectivity index (χ0n) is 8.03. The molecule has 1 heterocycles. The minimum Gasteiger partial charge on any atom is -0.384 e. The van der Waals surface area contributed by atoms with E-state index < -0.39 is 9.84 Å². The molecule has 0 amide bonds. The Kier molecular flexibility index (Phi) is 2.23. The third-order valence-corrected chi connectivity index (χ3v) is 4.13. The molecule has 76 valence electrons. The van der Waals surface area contributed by atoms with Gasteiger partial charge in [-0.3, -0.25) is 0 Å². The van der Waals surface area contributed by atoms with Crippen LogP contribution >= 0.6 is 0 Å². The summed E-state index contributed by atoms with van der Waals surface area (Å²) in [6, 6.07) is 7.84. The molecule has 1 unspecified atom stereocenters. The second kappa shape index (κ2) is 3.28. The van der Waals surface area contributed by atoms with Crippen LogP contribution in [0.3, 0.4) is 0 Å². The molecule has 4 heteroatoms. The molecule has 0 spiro atoms. The van der Waals surface area contributed by atoms with E-state index in [0.29, 0.717) is 13.0 Å². The second-order valence-corrected chi connectivity index (χ2v) is 6.02. The highest BCUT2D eigenvalue weighted by atomic mass is 32.2. The van der Waals surface area contributed by atoms with Crippen molar-refractivity contribution < 1.29 is 8.42 Å². The molecule has 1 atom stereocenters. The van der Waals surface area contributed by atoms with E-state index in [4.69, 9.17) is 0 Å². The van der Waals surface area contributed by atoms with Gasteiger partial charge in [0, 0.05) is 18.5 Å². The van der Waals surface area contributed by atoms with E-state index in [9.17, 15) is 8.42 Å². The maximum atomic E-state index is 11.4. The molecule has 0 saturated heterocycles. The largest absolute Gasteiger partial charge is 0.384 e. The predicted molar refractivity (Wildman–Crippen MR) is 57.3 cm³/mol. The molecule has 0 fully saturated rings. The van der Waals surface area contributed by atoms with Crippen molar-refractivity contribution in [3.05, 3.63) is 29.8 Å². The van der Waals surface area contributed by atoms with Crippen molar-refractivity contribution in [2.75, 3.05) is 18.1 Å². The van der Waals surface area contributed by atoms with Gasteiger partial charge in [-0.1, -0.05) is 18.2 Å². The van der Waals surface area contributed by atoms with Crippen LogP contribution in [0.15, 0.2) is 24.3 Å². The number of sulfone groups is 1. The van der Waals surface area contributed by atoms with Gasteiger partial charge in [0.1, 0.15) is 0 Å². The molecular weight excluding hydrogens is 198 g/mol. The fourth-order valence-electron chi connectivity index (χ4n) is 1.71. The zero-order chi connectivity index (χ0) is 10.2. The fourth-order valence-corrected chi connectivity index (χ4v) is 2.58. The van der Waals surface area contributed by atoms with E-state index in [2.05, 4.69) is 5.32 Å². The van der Waals surface area contributed by atoms with Gasteiger partial charge in [-0.2, -0.15) is 0 Å². The average Bonchev–Trinajstić information content (AvgIpc) is 2.16. The first-order valence-electron chi connectivity index (χ1n) is 4.58. The summed E-state index contributed by atoms with van der Waals surface area (Å²) in [5, 5.41) is 2.86. The molecule has 1 N–H and O–H groups in total. The lowest BCUT2D eigenvalue weighted by Crippen LogP contribution is -2.34. The molecule has 0 aliphatic carbocycles. The van der Waals surface area contributed by atoms with Crippen LogP contribution in [0.2, 0.25) is 0 Å². The van der Waals surface area contributed by atoms with Gasteiger partial charge in [0.05, 0.1) is 5.25 Å². The van der Waals surface area contributed by atoms with Crippen molar-refractivity contribution in [3.63, 3.8) is 0 Å². The first-order chi connectivity index (χ1) is 6.57. The predicted octanol–water partition coefficient (Wildman–Crippen LogP) is 1.07. The second-order valence-electron chi connectivity index (χ2n) is 3.69. The summed E-state index contributed by atoms with van der Waals surface area (Å²) in [7, 11) is -2.93. The number of hydrogen-bond acceptors (Lipinski definition) is 3. The lowest BCUT2D eigenvalue weighted by molar-refractivity contribution is 0.584. The van der Waals surface area contributed by atoms with E-state index >= 15 is 0 Å². The molecular formula is C10H13NO2S. The highest BCUT2D eigenvalue weighted by Gasteiger charge is 2.25. The Morgan fingerprint density at radius 1 is 1.36 bits per heavy atom. The Labute approximate surface area is 84.1 Å². The van der Waals surface area contributed by atoms with Crippen LogP contribution in [0.25, 0.3) is 0 Å². The lowest BCUT2D eigenvalue weighted by atomic mass is 10.0. The van der Waals surface area contributed by atoms with Crippen molar-refractivity contribution in [3.8, 4) is 0 Å². The molecule has 0 saturated carbocycles. The summed E-state index contributed by atoms with van der Waals surface area (Å²) in [5.41, 5.74) is 2.15. The lowest BCUT2D eigenvalue weighted by Gasteiger charge is -2.24. The number of benzene rings is 1. The summed E-state index contributed by atoms with van der Waals surface area (Å²) in [4.78, 5) is 0. The molecule has 1 aliphatic heterocycles. The van der Waals surface area contributed by atoms with Gasteiger partial charge in [0.15, 0.2) is 9.84 Å². The van der Waals surface area contributed by atoms with Gasteiger partial charge < -0.3 is 5.32 Å². The Hall–Kier alpha value is -1.03. The zero-order valence-corrected chi connectivity index (χ0v) is 8.84. The molecule has 0 radical (unpaired) electrons. The molecule has 0 bridgehead atoms. The minimum atomic E-state index is -2.93. The monoisotopic (exact) mass is 211 g/mol. The molecule has 3 nitrogen and oxygen atoms in total. The SMILES string of the molecule is CS(=O)(=O)C1CNc2ccccc2C1. The number of rotatable bonds is 1. The van der Waals surface area contributed by atoms with Crippen LogP contribution in [-0.4, -0.2) is 26.5 Å². The van der Waals surface area contributed by atoms with E-state index in [-0.39, 0.29) is 5.25 Å². The Morgan fingerprint density at radius 3 is 2.79 bits per heavy atom. The highest BCUT2D eigenvalue weighted by Crippen LogP contribution is 2.23. The first kappa shape index (κ1) is 9.52. The van der Waals surface area contributed by atoms with Gasteiger partial charge in [-0.15, -0.1) is 0 Å². The van der Waals surface area contributed by atoms with Gasteiger partial charge in [-0.25, -0.2) is 8.42 Å². The van der Waals surface area contributed by atoms with Gasteiger partial charge in [-0.05, 0) is 18.1 Å². The summed E-state index contributed by atoms with van der Waals surface area (Å²) in [6.07, 6.45) is 1.93. The van der Waals surface area contributed by atoms with Crippen LogP contribution in [0.5, 0.6) is 0 Å². The van der Waals surface area contributed by atoms with E-state index in [1.807, 2.05) is 24.3 Å². The fraction of sp³-hybridized carbons (Fsp3) is 0.400. The Balaban J connectivity index is 2.30. The summed E-state index contributed by atoms with van der Waals surface area (Å²) < 4.78 is 22.7. The van der Waals surface area contributed by atoms with E-state index in [1.165, 1.54) is 6.26 Å². The van der Waals surface area contributed by atoms with Crippen molar-refractivity contribution >= 4 is 15.5 Å². The molecule has 1 aliphatic rings. The normalized spacial score (nSPS) is 21.1. The molecule has 1 aromatic carbocycles. The number of para-hydroxylation sites is 1. The highest BCUT2D eigenvalue weighted by molar-refractivity contribution is 7.91. The molecule has 2 rings (SSSR count). The molecule has 1 aromatic rings. The van der Waals surface area contributed by atoms with Crippen LogP contribution < -0.4 is 5.32 Å². The Bertz CT molecular complexity index is 439. The van der Waals surface area contributed by atoms with Gasteiger partial charge in [0.2, 0.25) is 0 Å². The molecule has 14 heavy (non-hydrogen) atoms. The topological polar surface area (TPSA) is 46.2 Å². The van der Waals surface area contributed by atoms with Crippen LogP contribution in [-0.2, 0) is 16.3 Å². The summed E-state index contributed by atoms with van der Waals surface area (Å²) in [5.74, 6) is 0. The molecule has 0 aromatic heterocycles. The van der Waals surface area contributed by atoms with Crippen LogP contribution in [0, 0.1) is 0 Å². The van der Waals surface area contributed by atoms with E-state index in [1.54, 1.807) is 0 Å². The average molecular weight is 211 g/mol. The van der Waals surface area contributed by atoms with Gasteiger partial charge >= 0.3 is 0 Å². The maximum Gasteiger partial charge on any atom is 0.152 e. The smallest absolute Gasteiger partial charge is 0.152 e.